The van der Waals surface area contributed by atoms with E-state index in [4.69, 9.17) is 9.47 Å². The van der Waals surface area contributed by atoms with Gasteiger partial charge in [0, 0.05) is 19.4 Å². The molecule has 3 atom stereocenters. The second kappa shape index (κ2) is 11.5. The number of nitrogens with one attached hydrogen (secondary N) is 2. The summed E-state index contributed by atoms with van der Waals surface area (Å²) in [6, 6.07) is 2.88. The molecule has 2 heterocycles. The van der Waals surface area contributed by atoms with Gasteiger partial charge in [-0.25, -0.2) is 9.59 Å². The van der Waals surface area contributed by atoms with Gasteiger partial charge >= 0.3 is 24.3 Å². The van der Waals surface area contributed by atoms with Crippen LogP contribution in [-0.4, -0.2) is 72.7 Å². The molecule has 1 aromatic rings. The zero-order valence-electron chi connectivity index (χ0n) is 20.8. The minimum absolute atomic E-state index is 0.0448. The molecule has 0 unspecified atom stereocenters. The molecular formula is C24H31F3N3O7+. The lowest BCUT2D eigenvalue weighted by molar-refractivity contribution is -0.761. The average Bonchev–Trinajstić information content (AvgIpc) is 3.44. The molecule has 3 rings (SSSR count). The van der Waals surface area contributed by atoms with E-state index in [1.165, 1.54) is 12.1 Å². The number of benzene rings is 1. The molecule has 1 aromatic carbocycles. The fourth-order valence-electron chi connectivity index (χ4n) is 4.53. The van der Waals surface area contributed by atoms with Gasteiger partial charge in [-0.2, -0.15) is 4.48 Å². The van der Waals surface area contributed by atoms with Crippen molar-refractivity contribution in [1.29, 1.82) is 0 Å². The Kier molecular flexibility index (Phi) is 8.80. The summed E-state index contributed by atoms with van der Waals surface area (Å²) in [5.41, 5.74) is -0.409. The Hall–Kier alpha value is -3.19. The highest BCUT2D eigenvalue weighted by atomic mass is 19.4. The van der Waals surface area contributed by atoms with Crippen LogP contribution in [0.2, 0.25) is 0 Å². The van der Waals surface area contributed by atoms with Gasteiger partial charge in [-0.3, -0.25) is 14.9 Å². The third-order valence-electron chi connectivity index (χ3n) is 6.33. The van der Waals surface area contributed by atoms with Crippen LogP contribution in [0.25, 0.3) is 0 Å². The van der Waals surface area contributed by atoms with E-state index in [2.05, 4.69) is 15.4 Å². The summed E-state index contributed by atoms with van der Waals surface area (Å²) in [4.78, 5) is 52.0. The molecule has 2 aliphatic heterocycles. The molecule has 0 bridgehead atoms. The van der Waals surface area contributed by atoms with Crippen molar-refractivity contribution in [3.8, 4) is 5.75 Å². The van der Waals surface area contributed by atoms with Crippen LogP contribution in [0.5, 0.6) is 5.75 Å². The van der Waals surface area contributed by atoms with Gasteiger partial charge in [0.25, 0.3) is 5.91 Å². The summed E-state index contributed by atoms with van der Waals surface area (Å²) >= 11 is 0. The van der Waals surface area contributed by atoms with Crippen LogP contribution < -0.4 is 15.4 Å². The van der Waals surface area contributed by atoms with Crippen molar-refractivity contribution in [3.05, 3.63) is 29.8 Å². The van der Waals surface area contributed by atoms with E-state index in [0.29, 0.717) is 12.8 Å². The molecule has 4 amide bonds. The van der Waals surface area contributed by atoms with E-state index in [-0.39, 0.29) is 26.1 Å². The molecule has 0 radical (unpaired) electrons. The number of halogens is 3. The molecule has 37 heavy (non-hydrogen) atoms. The number of amides is 4. The highest BCUT2D eigenvalue weighted by Crippen LogP contribution is 2.28. The van der Waals surface area contributed by atoms with Gasteiger partial charge in [-0.15, -0.1) is 13.2 Å². The van der Waals surface area contributed by atoms with Crippen LogP contribution >= 0.6 is 0 Å². The first kappa shape index (κ1) is 28.4. The molecule has 0 saturated carbocycles. The van der Waals surface area contributed by atoms with Crippen LogP contribution in [0.1, 0.15) is 50.4 Å². The maximum Gasteiger partial charge on any atom is 0.573 e. The molecule has 2 aliphatic rings. The van der Waals surface area contributed by atoms with Crippen LogP contribution in [0, 0.1) is 5.92 Å². The SMILES string of the molecule is CCO[C@H]1CC(=O)O[C@H]1NC(=O)[N+]1(C(=O)[C@@H](NC(=O)c2ccccc2OC(F)(F)F)C(C)C)CCCC1. The summed E-state index contributed by atoms with van der Waals surface area (Å²) in [5.74, 6) is -3.34. The largest absolute Gasteiger partial charge is 0.573 e. The van der Waals surface area contributed by atoms with Gasteiger partial charge in [-0.1, -0.05) is 26.0 Å². The van der Waals surface area contributed by atoms with Gasteiger partial charge in [-0.05, 0) is 25.0 Å². The second-order valence-corrected chi connectivity index (χ2v) is 9.26. The van der Waals surface area contributed by atoms with Crippen molar-refractivity contribution in [2.45, 2.75) is 64.8 Å². The summed E-state index contributed by atoms with van der Waals surface area (Å²) in [6.07, 6.45) is -5.72. The number of carbonyl (C=O) groups is 4. The normalized spacial score (nSPS) is 21.9. The number of likely N-dealkylation sites (tertiary alicyclic amines) is 1. The molecule has 13 heteroatoms. The summed E-state index contributed by atoms with van der Waals surface area (Å²) in [5, 5.41) is 5.11. The van der Waals surface area contributed by atoms with Crippen molar-refractivity contribution in [1.82, 2.24) is 10.6 Å². The Morgan fingerprint density at radius 3 is 2.41 bits per heavy atom. The van der Waals surface area contributed by atoms with Crippen LogP contribution in [0.15, 0.2) is 24.3 Å². The quantitative estimate of drug-likeness (QED) is 0.392. The minimum atomic E-state index is -5.02. The Morgan fingerprint density at radius 1 is 1.16 bits per heavy atom. The first-order chi connectivity index (χ1) is 17.4. The molecule has 10 nitrogen and oxygen atoms in total. The fourth-order valence-corrected chi connectivity index (χ4v) is 4.53. The van der Waals surface area contributed by atoms with E-state index in [1.807, 2.05) is 0 Å². The van der Waals surface area contributed by atoms with E-state index in [9.17, 15) is 32.3 Å². The Balaban J connectivity index is 1.83. The van der Waals surface area contributed by atoms with Crippen LogP contribution in [0.4, 0.5) is 18.0 Å². The van der Waals surface area contributed by atoms with Crippen LogP contribution in [0.3, 0.4) is 0 Å². The number of para-hydroxylation sites is 1. The Labute approximate surface area is 212 Å². The van der Waals surface area contributed by atoms with Gasteiger partial charge in [0.1, 0.15) is 17.9 Å². The van der Waals surface area contributed by atoms with Crippen molar-refractivity contribution in [2.24, 2.45) is 5.92 Å². The highest BCUT2D eigenvalue weighted by Gasteiger charge is 2.53. The number of cyclic esters (lactones) is 1. The molecule has 0 aromatic heterocycles. The predicted molar refractivity (Wildman–Crippen MR) is 122 cm³/mol. The fraction of sp³-hybridized carbons (Fsp3) is 0.583. The number of hydrogen-bond acceptors (Lipinski definition) is 7. The zero-order valence-corrected chi connectivity index (χ0v) is 20.8. The van der Waals surface area contributed by atoms with Crippen molar-refractivity contribution < 1.29 is 51.0 Å². The summed E-state index contributed by atoms with van der Waals surface area (Å²) in [6.45, 7) is 5.61. The van der Waals surface area contributed by atoms with E-state index < -0.39 is 70.3 Å². The number of quaternary nitrogens is 1. The molecule has 0 aliphatic carbocycles. The molecule has 204 valence electrons. The smallest absolute Gasteiger partial charge is 0.439 e. The Bertz CT molecular complexity index is 1030. The minimum Gasteiger partial charge on any atom is -0.439 e. The standard InChI is InChI=1S/C24H30F3N3O7/c1-4-35-17-13-18(31)36-21(17)29-23(34)30(11-7-8-12-30)22(33)19(14(2)3)28-20(32)15-9-5-6-10-16(15)37-24(25,26)27/h5-6,9-10,14,17,19,21H,4,7-8,11-13H2,1-3H3,(H-,28,29,32,34)/p+1/t17-,19-,21+/m0/s1. The molecule has 0 spiro atoms. The zero-order chi connectivity index (χ0) is 27.4. The van der Waals surface area contributed by atoms with Gasteiger partial charge in [0.2, 0.25) is 6.23 Å². The first-order valence-electron chi connectivity index (χ1n) is 12.1. The van der Waals surface area contributed by atoms with E-state index in [0.717, 1.165) is 12.1 Å². The number of carbonyl (C=O) groups excluding carboxylic acids is 4. The monoisotopic (exact) mass is 530 g/mol. The third-order valence-corrected chi connectivity index (χ3v) is 6.33. The number of rotatable bonds is 8. The predicted octanol–water partition coefficient (Wildman–Crippen LogP) is 2.86. The molecule has 2 N–H and O–H groups in total. The maximum atomic E-state index is 13.8. The van der Waals surface area contributed by atoms with Crippen LogP contribution in [-0.2, 0) is 19.1 Å². The molecule has 2 fully saturated rings. The van der Waals surface area contributed by atoms with Gasteiger partial charge in [0.05, 0.1) is 25.1 Å². The Morgan fingerprint density at radius 2 is 1.81 bits per heavy atom. The van der Waals surface area contributed by atoms with Crippen molar-refractivity contribution in [3.63, 3.8) is 0 Å². The number of alkyl halides is 3. The number of ether oxygens (including phenoxy) is 3. The third kappa shape index (κ3) is 6.58. The van der Waals surface area contributed by atoms with E-state index >= 15 is 0 Å². The van der Waals surface area contributed by atoms with Gasteiger partial charge < -0.3 is 19.5 Å². The average molecular weight is 531 g/mol. The van der Waals surface area contributed by atoms with Crippen molar-refractivity contribution >= 4 is 23.8 Å². The lowest BCUT2D eigenvalue weighted by Crippen LogP contribution is -2.67. The first-order valence-corrected chi connectivity index (χ1v) is 12.1. The summed E-state index contributed by atoms with van der Waals surface area (Å²) < 4.78 is 52.4. The molecular weight excluding hydrogens is 499 g/mol. The number of nitrogens with zero attached hydrogens (tertiary/aromatic N) is 1. The number of imide groups is 1. The lowest BCUT2D eigenvalue weighted by atomic mass is 10.0. The molecule has 2 saturated heterocycles. The van der Waals surface area contributed by atoms with Crippen molar-refractivity contribution in [2.75, 3.05) is 19.7 Å². The lowest BCUT2D eigenvalue weighted by Gasteiger charge is -2.34. The summed E-state index contributed by atoms with van der Waals surface area (Å²) in [7, 11) is 0. The van der Waals surface area contributed by atoms with Gasteiger partial charge in [0.15, 0.2) is 0 Å². The topological polar surface area (TPSA) is 120 Å². The number of hydrogen-bond donors (Lipinski definition) is 2. The highest BCUT2D eigenvalue weighted by molar-refractivity contribution is 6.00. The number of urea groups is 1. The maximum absolute atomic E-state index is 13.8. The second-order valence-electron chi connectivity index (χ2n) is 9.26. The van der Waals surface area contributed by atoms with E-state index in [1.54, 1.807) is 20.8 Å². The number of esters is 1.